The maximum Gasteiger partial charge on any atom is 0.530 e. The Bertz CT molecular complexity index is 754. The lowest BCUT2D eigenvalue weighted by atomic mass is 10.0. The van der Waals surface area contributed by atoms with E-state index in [1.165, 1.54) is 64.2 Å². The molecule has 0 aromatic carbocycles. The van der Waals surface area contributed by atoms with Crippen LogP contribution in [-0.4, -0.2) is 52.3 Å². The van der Waals surface area contributed by atoms with Crippen molar-refractivity contribution in [2.45, 2.75) is 181 Å². The van der Waals surface area contributed by atoms with Crippen molar-refractivity contribution in [3.05, 3.63) is 11.5 Å². The molecule has 0 fully saturated rings. The van der Waals surface area contributed by atoms with Gasteiger partial charge in [0.25, 0.3) is 5.76 Å². The van der Waals surface area contributed by atoms with Crippen LogP contribution in [0.25, 0.3) is 0 Å². The van der Waals surface area contributed by atoms with Crippen LogP contribution >= 0.6 is 7.82 Å². The van der Waals surface area contributed by atoms with Gasteiger partial charge in [-0.15, -0.1) is 0 Å². The summed E-state index contributed by atoms with van der Waals surface area (Å²) in [6.45, 7) is 7.55. The van der Waals surface area contributed by atoms with E-state index in [2.05, 4.69) is 13.8 Å². The topological polar surface area (TPSA) is 132 Å². The zero-order valence-electron chi connectivity index (χ0n) is 26.9. The average Bonchev–Trinajstić information content (AvgIpc) is 3.26. The molecule has 1 rings (SSSR count). The van der Waals surface area contributed by atoms with Gasteiger partial charge in [0.15, 0.2) is 11.9 Å². The number of carbonyl (C=O) groups is 1. The van der Waals surface area contributed by atoms with Crippen molar-refractivity contribution in [1.82, 2.24) is 0 Å². The van der Waals surface area contributed by atoms with Crippen molar-refractivity contribution >= 4 is 13.8 Å². The molecule has 4 atom stereocenters. The Morgan fingerprint density at radius 3 is 1.52 bits per heavy atom. The number of hydrogen-bond acceptors (Lipinski definition) is 9. The second-order valence-corrected chi connectivity index (χ2v) is 13.1. The summed E-state index contributed by atoms with van der Waals surface area (Å²) in [5, 5.41) is 29.7. The molecule has 10 heteroatoms. The Morgan fingerprint density at radius 1 is 0.738 bits per heavy atom. The summed E-state index contributed by atoms with van der Waals surface area (Å²) in [5.74, 6) is -2.54. The highest BCUT2D eigenvalue weighted by atomic mass is 31.2. The number of hydrogen-bond donors (Lipinski definition) is 3. The molecule has 0 aromatic heterocycles. The maximum atomic E-state index is 14.1. The zero-order chi connectivity index (χ0) is 31.2. The van der Waals surface area contributed by atoms with Crippen LogP contribution in [0.1, 0.15) is 156 Å². The van der Waals surface area contributed by atoms with Gasteiger partial charge < -0.3 is 24.6 Å². The molecule has 248 valence electrons. The van der Waals surface area contributed by atoms with Crippen LogP contribution in [0.5, 0.6) is 0 Å². The summed E-state index contributed by atoms with van der Waals surface area (Å²) in [5.41, 5.74) is 0. The third kappa shape index (κ3) is 15.6. The largest absolute Gasteiger partial charge is 0.530 e. The van der Waals surface area contributed by atoms with Crippen molar-refractivity contribution < 1.29 is 43.0 Å². The molecule has 1 heterocycles. The Kier molecular flexibility index (Phi) is 21.6. The Balaban J connectivity index is 2.85. The molecule has 3 N–H and O–H groups in total. The molecule has 0 aliphatic carbocycles. The molecule has 0 saturated heterocycles. The van der Waals surface area contributed by atoms with Crippen molar-refractivity contribution in [3.63, 3.8) is 0 Å². The quantitative estimate of drug-likeness (QED) is 0.0446. The number of cyclic esters (lactones) is 1. The minimum absolute atomic E-state index is 0.421. The number of carbonyl (C=O) groups excluding carboxylic acids is 1. The van der Waals surface area contributed by atoms with E-state index in [0.717, 1.165) is 38.5 Å². The normalized spacial score (nSPS) is 19.0. The molecule has 0 amide bonds. The molecular weight excluding hydrogens is 559 g/mol. The monoisotopic (exact) mass is 620 g/mol. The van der Waals surface area contributed by atoms with E-state index >= 15 is 0 Å². The fraction of sp³-hybridized carbons (Fsp3) is 0.906. The molecule has 42 heavy (non-hydrogen) atoms. The number of ether oxygens (including phenoxy) is 1. The van der Waals surface area contributed by atoms with Gasteiger partial charge in [-0.05, 0) is 25.7 Å². The highest BCUT2D eigenvalue weighted by Crippen LogP contribution is 2.56. The second-order valence-electron chi connectivity index (χ2n) is 11.6. The fourth-order valence-electron chi connectivity index (χ4n) is 5.12. The van der Waals surface area contributed by atoms with Gasteiger partial charge in [-0.2, -0.15) is 0 Å². The lowest BCUT2D eigenvalue weighted by Crippen LogP contribution is -2.31. The Morgan fingerprint density at radius 2 is 1.14 bits per heavy atom. The summed E-state index contributed by atoms with van der Waals surface area (Å²) in [7, 11) is -4.36. The highest BCUT2D eigenvalue weighted by molar-refractivity contribution is 7.48. The predicted octanol–water partition coefficient (Wildman–Crippen LogP) is 8.81. The third-order valence-electron chi connectivity index (χ3n) is 7.89. The number of esters is 1. The van der Waals surface area contributed by atoms with Gasteiger partial charge in [-0.1, -0.05) is 130 Å². The Labute approximate surface area is 255 Å². The lowest BCUT2D eigenvalue weighted by Gasteiger charge is -2.26. The molecule has 0 bridgehead atoms. The van der Waals surface area contributed by atoms with E-state index in [1.54, 1.807) is 0 Å². The van der Waals surface area contributed by atoms with Gasteiger partial charge in [-0.3, -0.25) is 9.05 Å². The van der Waals surface area contributed by atoms with E-state index in [9.17, 15) is 24.7 Å². The smallest absolute Gasteiger partial charge is 0.505 e. The first kappa shape index (κ1) is 38.9. The molecule has 9 nitrogen and oxygen atoms in total. The first-order valence-corrected chi connectivity index (χ1v) is 18.3. The van der Waals surface area contributed by atoms with E-state index in [1.807, 2.05) is 13.8 Å². The summed E-state index contributed by atoms with van der Waals surface area (Å²) < 4.78 is 36.6. The van der Waals surface area contributed by atoms with Gasteiger partial charge >= 0.3 is 13.8 Å². The molecule has 0 radical (unpaired) electrons. The summed E-state index contributed by atoms with van der Waals surface area (Å²) in [6.07, 6.45) is 17.2. The van der Waals surface area contributed by atoms with E-state index < -0.39 is 56.3 Å². The summed E-state index contributed by atoms with van der Waals surface area (Å²) in [4.78, 5) is 12.5. The van der Waals surface area contributed by atoms with Crippen LogP contribution in [0.2, 0.25) is 0 Å². The number of phosphoric ester groups is 1. The highest BCUT2D eigenvalue weighted by Gasteiger charge is 2.46. The van der Waals surface area contributed by atoms with Crippen LogP contribution in [0.15, 0.2) is 11.5 Å². The molecule has 0 saturated carbocycles. The fourth-order valence-corrected chi connectivity index (χ4v) is 6.88. The SMILES string of the molecule is CCCCCCCCCCC(CC)OP(=O)(OC1=C(O)[C@@H](C(O)CO)OC1=O)OC(CC)CCCCCCCCCC. The van der Waals surface area contributed by atoms with Crippen LogP contribution in [0, 0.1) is 0 Å². The van der Waals surface area contributed by atoms with Crippen LogP contribution < -0.4 is 0 Å². The van der Waals surface area contributed by atoms with E-state index in [4.69, 9.17) is 18.3 Å². The van der Waals surface area contributed by atoms with Gasteiger partial charge in [0, 0.05) is 0 Å². The van der Waals surface area contributed by atoms with E-state index in [-0.39, 0.29) is 0 Å². The van der Waals surface area contributed by atoms with Gasteiger partial charge in [-0.25, -0.2) is 9.36 Å². The van der Waals surface area contributed by atoms with Crippen molar-refractivity contribution in [2.75, 3.05) is 6.61 Å². The van der Waals surface area contributed by atoms with Gasteiger partial charge in [0.2, 0.25) is 0 Å². The Hall–Kier alpha value is -1.12. The van der Waals surface area contributed by atoms with Crippen LogP contribution in [0.3, 0.4) is 0 Å². The van der Waals surface area contributed by atoms with Gasteiger partial charge in [0.05, 0.1) is 18.8 Å². The second kappa shape index (κ2) is 23.3. The van der Waals surface area contributed by atoms with Crippen LogP contribution in [0.4, 0.5) is 0 Å². The number of unbranched alkanes of at least 4 members (excludes halogenated alkanes) is 14. The number of phosphoric acid groups is 1. The third-order valence-corrected chi connectivity index (χ3v) is 9.41. The molecule has 1 aliphatic rings. The molecule has 1 aliphatic heterocycles. The van der Waals surface area contributed by atoms with Crippen molar-refractivity contribution in [1.29, 1.82) is 0 Å². The maximum absolute atomic E-state index is 14.1. The van der Waals surface area contributed by atoms with Crippen molar-refractivity contribution in [3.8, 4) is 0 Å². The minimum Gasteiger partial charge on any atom is -0.505 e. The molecule has 3 unspecified atom stereocenters. The number of rotatable bonds is 28. The first-order chi connectivity index (χ1) is 20.2. The zero-order valence-corrected chi connectivity index (χ0v) is 27.8. The minimum atomic E-state index is -4.36. The average molecular weight is 621 g/mol. The lowest BCUT2D eigenvalue weighted by molar-refractivity contribution is -0.147. The molecule has 0 aromatic rings. The summed E-state index contributed by atoms with van der Waals surface area (Å²) in [6, 6.07) is 0. The molecular formula is C32H61O9P. The van der Waals surface area contributed by atoms with Crippen molar-refractivity contribution in [2.24, 2.45) is 0 Å². The van der Waals surface area contributed by atoms with Crippen LogP contribution in [-0.2, 0) is 27.7 Å². The van der Waals surface area contributed by atoms with Gasteiger partial charge in [0.1, 0.15) is 6.10 Å². The first-order valence-electron chi connectivity index (χ1n) is 16.8. The predicted molar refractivity (Wildman–Crippen MR) is 166 cm³/mol. The number of aliphatic hydroxyl groups excluding tert-OH is 3. The number of aliphatic hydroxyl groups is 3. The standard InChI is InChI=1S/C32H61O9P/c1-5-9-11-13-15-17-19-21-23-26(7-3)39-42(37,41-31-29(35)30(28(34)25-33)38-32(31)36)40-27(8-4)24-22-20-18-16-14-12-10-6-2/h26-28,30,33-35H,5-25H2,1-4H3/t26?,27?,28?,30-,42?/m1/s1. The summed E-state index contributed by atoms with van der Waals surface area (Å²) >= 11 is 0. The van der Waals surface area contributed by atoms with E-state index in [0.29, 0.717) is 25.7 Å². The molecule has 0 spiro atoms.